The second-order valence-corrected chi connectivity index (χ2v) is 5.71. The van der Waals surface area contributed by atoms with Gasteiger partial charge in [0.25, 0.3) is 0 Å². The van der Waals surface area contributed by atoms with Gasteiger partial charge in [-0.3, -0.25) is 9.59 Å². The Morgan fingerprint density at radius 1 is 0.958 bits per heavy atom. The lowest BCUT2D eigenvalue weighted by molar-refractivity contribution is -0.129. The molecule has 0 rings (SSSR count). The van der Waals surface area contributed by atoms with E-state index in [1.807, 2.05) is 0 Å². The number of carbonyl (C=O) groups excluding carboxylic acids is 2. The molecule has 0 spiro atoms. The zero-order valence-corrected chi connectivity index (χ0v) is 15.1. The van der Waals surface area contributed by atoms with Crippen LogP contribution in [0.5, 0.6) is 0 Å². The third kappa shape index (κ3) is 10.1. The van der Waals surface area contributed by atoms with E-state index in [1.54, 1.807) is 9.80 Å². The summed E-state index contributed by atoms with van der Waals surface area (Å²) in [5.41, 5.74) is 5.43. The lowest BCUT2D eigenvalue weighted by atomic mass is 10.3. The molecule has 0 heterocycles. The summed E-state index contributed by atoms with van der Waals surface area (Å²) in [5.74, 6) is -0.274. The fourth-order valence-corrected chi connectivity index (χ4v) is 2.09. The lowest BCUT2D eigenvalue weighted by Gasteiger charge is -2.27. The summed E-state index contributed by atoms with van der Waals surface area (Å²) >= 11 is 0. The van der Waals surface area contributed by atoms with Crippen LogP contribution in [-0.4, -0.2) is 80.0 Å². The monoisotopic (exact) mass is 339 g/mol. The fourth-order valence-electron chi connectivity index (χ4n) is 2.09. The number of nitrogens with two attached hydrogens (primary N) is 1. The minimum absolute atomic E-state index is 0.132. The van der Waals surface area contributed by atoms with Crippen molar-refractivity contribution in [3.63, 3.8) is 0 Å². The average Bonchev–Trinajstić information content (AvgIpc) is 2.57. The van der Waals surface area contributed by atoms with Crippen molar-refractivity contribution in [1.82, 2.24) is 20.4 Å². The average molecular weight is 339 g/mol. The topological polar surface area (TPSA) is 90.7 Å². The zero-order valence-electron chi connectivity index (χ0n) is 15.1. The van der Waals surface area contributed by atoms with Gasteiger partial charge in [-0.15, -0.1) is 0 Å². The van der Waals surface area contributed by atoms with Gasteiger partial charge in [-0.2, -0.15) is 0 Å². The molecule has 2 amide bonds. The van der Waals surface area contributed by atoms with Crippen LogP contribution in [0.15, 0.2) is 25.3 Å². The molecule has 0 aliphatic heterocycles. The van der Waals surface area contributed by atoms with Crippen LogP contribution in [0.1, 0.15) is 13.8 Å². The first-order chi connectivity index (χ1) is 11.5. The molecule has 7 nitrogen and oxygen atoms in total. The Bertz CT molecular complexity index is 398. The molecule has 0 aromatic rings. The summed E-state index contributed by atoms with van der Waals surface area (Å²) in [7, 11) is 0. The van der Waals surface area contributed by atoms with Gasteiger partial charge in [-0.1, -0.05) is 27.0 Å². The van der Waals surface area contributed by atoms with Crippen molar-refractivity contribution in [2.75, 3.05) is 52.4 Å². The Kier molecular flexibility index (Phi) is 12.7. The summed E-state index contributed by atoms with van der Waals surface area (Å²) < 4.78 is 0. The van der Waals surface area contributed by atoms with Gasteiger partial charge in [-0.05, 0) is 12.2 Å². The number of amides is 2. The molecule has 0 radical (unpaired) electrons. The minimum atomic E-state index is -0.143. The molecular formula is C17H33N5O2. The highest BCUT2D eigenvalue weighted by Gasteiger charge is 2.15. The SMILES string of the molecule is C=CC(=O)N(CCNCCN)CCN(CCNC(C)C)C(=O)C=C. The van der Waals surface area contributed by atoms with Gasteiger partial charge in [-0.25, -0.2) is 0 Å². The maximum atomic E-state index is 12.0. The van der Waals surface area contributed by atoms with E-state index in [0.717, 1.165) is 0 Å². The Balaban J connectivity index is 4.53. The molecule has 24 heavy (non-hydrogen) atoms. The summed E-state index contributed by atoms with van der Waals surface area (Å²) in [6.07, 6.45) is 2.60. The second-order valence-electron chi connectivity index (χ2n) is 5.71. The molecule has 0 unspecified atom stereocenters. The third-order valence-electron chi connectivity index (χ3n) is 3.43. The van der Waals surface area contributed by atoms with Gasteiger partial charge in [0.2, 0.25) is 11.8 Å². The molecule has 0 fully saturated rings. The van der Waals surface area contributed by atoms with Crippen molar-refractivity contribution in [2.45, 2.75) is 19.9 Å². The Morgan fingerprint density at radius 3 is 1.88 bits per heavy atom. The molecule has 0 atom stereocenters. The summed E-state index contributed by atoms with van der Waals surface area (Å²) in [4.78, 5) is 27.3. The number of nitrogens with one attached hydrogen (secondary N) is 2. The Hall–Kier alpha value is -1.70. The van der Waals surface area contributed by atoms with Gasteiger partial charge < -0.3 is 26.2 Å². The maximum absolute atomic E-state index is 12.0. The van der Waals surface area contributed by atoms with Crippen LogP contribution < -0.4 is 16.4 Å². The number of rotatable bonds is 14. The van der Waals surface area contributed by atoms with Gasteiger partial charge in [0.05, 0.1) is 0 Å². The molecular weight excluding hydrogens is 306 g/mol. The predicted molar refractivity (Wildman–Crippen MR) is 98.6 cm³/mol. The van der Waals surface area contributed by atoms with Gasteiger partial charge in [0, 0.05) is 58.4 Å². The summed E-state index contributed by atoms with van der Waals surface area (Å²) in [6.45, 7) is 15.8. The van der Waals surface area contributed by atoms with E-state index in [1.165, 1.54) is 12.2 Å². The first-order valence-corrected chi connectivity index (χ1v) is 8.43. The van der Waals surface area contributed by atoms with Crippen molar-refractivity contribution in [2.24, 2.45) is 5.73 Å². The number of nitrogens with zero attached hydrogens (tertiary/aromatic N) is 2. The van der Waals surface area contributed by atoms with Crippen LogP contribution in [-0.2, 0) is 9.59 Å². The molecule has 0 aromatic carbocycles. The quantitative estimate of drug-likeness (QED) is 0.295. The van der Waals surface area contributed by atoms with Crippen LogP contribution >= 0.6 is 0 Å². The van der Waals surface area contributed by atoms with Crippen molar-refractivity contribution in [1.29, 1.82) is 0 Å². The van der Waals surface area contributed by atoms with E-state index in [0.29, 0.717) is 58.4 Å². The highest BCUT2D eigenvalue weighted by Crippen LogP contribution is 1.96. The largest absolute Gasteiger partial charge is 0.336 e. The highest BCUT2D eigenvalue weighted by atomic mass is 16.2. The normalized spacial score (nSPS) is 10.5. The Labute approximate surface area is 145 Å². The first kappa shape index (κ1) is 22.3. The molecule has 0 bridgehead atoms. The molecule has 138 valence electrons. The molecule has 4 N–H and O–H groups in total. The minimum Gasteiger partial charge on any atom is -0.336 e. The van der Waals surface area contributed by atoms with Gasteiger partial charge in [0.15, 0.2) is 0 Å². The number of hydrogen-bond acceptors (Lipinski definition) is 5. The second kappa shape index (κ2) is 13.7. The first-order valence-electron chi connectivity index (χ1n) is 8.43. The molecule has 0 aromatic heterocycles. The third-order valence-corrected chi connectivity index (χ3v) is 3.43. The zero-order chi connectivity index (χ0) is 18.4. The maximum Gasteiger partial charge on any atom is 0.246 e. The van der Waals surface area contributed by atoms with E-state index in [9.17, 15) is 9.59 Å². The van der Waals surface area contributed by atoms with Gasteiger partial charge >= 0.3 is 0 Å². The van der Waals surface area contributed by atoms with E-state index in [4.69, 9.17) is 5.73 Å². The molecule has 0 saturated carbocycles. The number of carbonyl (C=O) groups is 2. The van der Waals surface area contributed by atoms with E-state index in [2.05, 4.69) is 37.6 Å². The molecule has 0 saturated heterocycles. The lowest BCUT2D eigenvalue weighted by Crippen LogP contribution is -2.45. The summed E-state index contributed by atoms with van der Waals surface area (Å²) in [6, 6.07) is 0.359. The fraction of sp³-hybridized carbons (Fsp3) is 0.647. The van der Waals surface area contributed by atoms with Crippen LogP contribution in [0.4, 0.5) is 0 Å². The molecule has 0 aliphatic carbocycles. The number of hydrogen-bond donors (Lipinski definition) is 3. The van der Waals surface area contributed by atoms with Crippen molar-refractivity contribution in [3.8, 4) is 0 Å². The smallest absolute Gasteiger partial charge is 0.246 e. The van der Waals surface area contributed by atoms with Gasteiger partial charge in [0.1, 0.15) is 0 Å². The van der Waals surface area contributed by atoms with Crippen LogP contribution in [0, 0.1) is 0 Å². The summed E-state index contributed by atoms with van der Waals surface area (Å²) in [5, 5.41) is 6.43. The standard InChI is InChI=1S/C17H33N5O2/c1-5-16(23)21(11-9-19-8-7-18)13-14-22(17(24)6-2)12-10-20-15(3)4/h5-6,15,19-20H,1-2,7-14,18H2,3-4H3. The predicted octanol–water partition coefficient (Wildman–Crippen LogP) is -0.438. The van der Waals surface area contributed by atoms with Crippen molar-refractivity contribution < 1.29 is 9.59 Å². The molecule has 7 heteroatoms. The van der Waals surface area contributed by atoms with Crippen LogP contribution in [0.2, 0.25) is 0 Å². The van der Waals surface area contributed by atoms with Crippen LogP contribution in [0.25, 0.3) is 0 Å². The van der Waals surface area contributed by atoms with Crippen LogP contribution in [0.3, 0.4) is 0 Å². The highest BCUT2D eigenvalue weighted by molar-refractivity contribution is 5.88. The van der Waals surface area contributed by atoms with E-state index < -0.39 is 0 Å². The van der Waals surface area contributed by atoms with E-state index in [-0.39, 0.29) is 11.8 Å². The molecule has 0 aliphatic rings. The van der Waals surface area contributed by atoms with Crippen molar-refractivity contribution in [3.05, 3.63) is 25.3 Å². The Morgan fingerprint density at radius 2 is 1.46 bits per heavy atom. The van der Waals surface area contributed by atoms with Crippen molar-refractivity contribution >= 4 is 11.8 Å². The van der Waals surface area contributed by atoms with E-state index >= 15 is 0 Å².